The van der Waals surface area contributed by atoms with Gasteiger partial charge < -0.3 is 0 Å². The molecule has 0 aliphatic rings. The molecule has 1 nitrogen and oxygen atoms in total. The molecule has 0 aromatic heterocycles. The topological polar surface area (TPSA) is 17.1 Å². The van der Waals surface area contributed by atoms with Gasteiger partial charge in [-0.1, -0.05) is 84.9 Å². The molecular formula is C24H18ClOP. The van der Waals surface area contributed by atoms with Crippen molar-refractivity contribution in [2.75, 3.05) is 0 Å². The van der Waals surface area contributed by atoms with Crippen molar-refractivity contribution in [2.45, 2.75) is 0 Å². The van der Waals surface area contributed by atoms with Crippen LogP contribution in [-0.2, 0) is 4.57 Å². The average Bonchev–Trinajstić information content (AvgIpc) is 2.75. The van der Waals surface area contributed by atoms with E-state index in [2.05, 4.69) is 0 Å². The Morgan fingerprint density at radius 1 is 0.481 bits per heavy atom. The Labute approximate surface area is 164 Å². The van der Waals surface area contributed by atoms with E-state index in [0.29, 0.717) is 10.6 Å². The molecule has 0 amide bonds. The average molecular weight is 389 g/mol. The van der Waals surface area contributed by atoms with E-state index < -0.39 is 6.49 Å². The van der Waals surface area contributed by atoms with Crippen LogP contribution in [0.1, 0.15) is 0 Å². The highest BCUT2D eigenvalue weighted by Gasteiger charge is 2.25. The molecule has 0 unspecified atom stereocenters. The zero-order valence-electron chi connectivity index (χ0n) is 14.6. The fraction of sp³-hybridized carbons (Fsp3) is 0. The minimum absolute atomic E-state index is 0.649. The molecule has 4 aromatic rings. The minimum atomic E-state index is -3.22. The van der Waals surface area contributed by atoms with Gasteiger partial charge in [0.05, 0.1) is 0 Å². The predicted octanol–water partition coefficient (Wildman–Crippen LogP) is 6.49. The maximum absolute atomic E-state index is 13.5. The smallest absolute Gasteiger partial charge is 0.225 e. The molecule has 0 heterocycles. The summed E-state index contributed by atoms with van der Waals surface area (Å²) in [4.78, 5) is 0. The Kier molecular flexibility index (Phi) is 4.99. The summed E-state index contributed by atoms with van der Waals surface area (Å²) < 4.78 is 13.5. The van der Waals surface area contributed by atoms with Gasteiger partial charge in [-0.25, -0.2) is 0 Å². The van der Waals surface area contributed by atoms with E-state index in [9.17, 15) is 4.57 Å². The molecule has 0 aliphatic heterocycles. The first-order valence-corrected chi connectivity index (χ1v) is 11.4. The summed E-state index contributed by atoms with van der Waals surface area (Å²) in [6.45, 7) is -3.22. The van der Waals surface area contributed by atoms with Crippen LogP contribution in [0.2, 0.25) is 0 Å². The standard InChI is InChI=1S/C24H18ClOP/c25-27(26,23-15-7-13-21(17-23)19-9-3-1-4-10-19)24-16-8-14-22(18-24)20-11-5-2-6-12-20/h1-18H. The molecule has 3 heteroatoms. The van der Waals surface area contributed by atoms with Crippen molar-refractivity contribution in [2.24, 2.45) is 0 Å². The first-order chi connectivity index (χ1) is 13.1. The molecule has 4 aromatic carbocycles. The SMILES string of the molecule is O=P(Cl)(c1cccc(-c2ccccc2)c1)c1cccc(-c2ccccc2)c1. The van der Waals surface area contributed by atoms with Gasteiger partial charge in [0.2, 0.25) is 6.49 Å². The van der Waals surface area contributed by atoms with Gasteiger partial charge in [-0.3, -0.25) is 4.57 Å². The highest BCUT2D eigenvalue weighted by molar-refractivity contribution is 8.00. The van der Waals surface area contributed by atoms with E-state index in [1.54, 1.807) is 0 Å². The Hall–Kier alpha value is -2.60. The van der Waals surface area contributed by atoms with Crippen molar-refractivity contribution in [3.8, 4) is 22.3 Å². The largest absolute Gasteiger partial charge is 0.296 e. The van der Waals surface area contributed by atoms with Crippen LogP contribution in [0.25, 0.3) is 22.3 Å². The van der Waals surface area contributed by atoms with Gasteiger partial charge in [-0.15, -0.1) is 0 Å². The Balaban J connectivity index is 1.75. The molecule has 0 saturated heterocycles. The Morgan fingerprint density at radius 3 is 1.26 bits per heavy atom. The summed E-state index contributed by atoms with van der Waals surface area (Å²) in [6, 6.07) is 35.5. The molecule has 132 valence electrons. The molecule has 0 spiro atoms. The van der Waals surface area contributed by atoms with E-state index in [1.807, 2.05) is 109 Å². The predicted molar refractivity (Wildman–Crippen MR) is 116 cm³/mol. The number of benzene rings is 4. The summed E-state index contributed by atoms with van der Waals surface area (Å²) in [7, 11) is 0. The molecule has 0 saturated carbocycles. The van der Waals surface area contributed by atoms with Gasteiger partial charge in [-0.05, 0) is 57.8 Å². The molecule has 0 atom stereocenters. The summed E-state index contributed by atoms with van der Waals surface area (Å²) in [5.74, 6) is 0. The van der Waals surface area contributed by atoms with E-state index in [4.69, 9.17) is 11.2 Å². The lowest BCUT2D eigenvalue weighted by molar-refractivity contribution is 0.595. The second kappa shape index (κ2) is 7.56. The van der Waals surface area contributed by atoms with Gasteiger partial charge in [0.1, 0.15) is 0 Å². The van der Waals surface area contributed by atoms with Crippen LogP contribution in [0.4, 0.5) is 0 Å². The second-order valence-corrected chi connectivity index (χ2v) is 9.89. The summed E-state index contributed by atoms with van der Waals surface area (Å²) >= 11 is 6.66. The zero-order valence-corrected chi connectivity index (χ0v) is 16.3. The Morgan fingerprint density at radius 2 is 0.852 bits per heavy atom. The van der Waals surface area contributed by atoms with Crippen LogP contribution in [0.5, 0.6) is 0 Å². The van der Waals surface area contributed by atoms with Gasteiger partial charge in [-0.2, -0.15) is 0 Å². The fourth-order valence-corrected chi connectivity index (χ4v) is 5.23. The quantitative estimate of drug-likeness (QED) is 0.365. The van der Waals surface area contributed by atoms with Gasteiger partial charge >= 0.3 is 0 Å². The lowest BCUT2D eigenvalue weighted by atomic mass is 10.1. The third-order valence-corrected chi connectivity index (χ3v) is 7.63. The van der Waals surface area contributed by atoms with Gasteiger partial charge in [0.25, 0.3) is 0 Å². The third-order valence-electron chi connectivity index (χ3n) is 4.57. The van der Waals surface area contributed by atoms with Gasteiger partial charge in [0.15, 0.2) is 0 Å². The normalized spacial score (nSPS) is 11.3. The van der Waals surface area contributed by atoms with Crippen LogP contribution in [0.15, 0.2) is 109 Å². The molecule has 0 N–H and O–H groups in total. The zero-order chi connectivity index (χ0) is 18.7. The summed E-state index contributed by atoms with van der Waals surface area (Å²) in [6.07, 6.45) is 0. The lowest BCUT2D eigenvalue weighted by Gasteiger charge is -2.14. The number of rotatable bonds is 4. The second-order valence-electron chi connectivity index (χ2n) is 6.37. The number of halogens is 1. The molecular weight excluding hydrogens is 371 g/mol. The first kappa shape index (κ1) is 17.8. The summed E-state index contributed by atoms with van der Waals surface area (Å²) in [5, 5.41) is 1.30. The van der Waals surface area contributed by atoms with Crippen molar-refractivity contribution < 1.29 is 4.57 Å². The highest BCUT2D eigenvalue weighted by Crippen LogP contribution is 2.49. The van der Waals surface area contributed by atoms with Crippen LogP contribution in [0, 0.1) is 0 Å². The van der Waals surface area contributed by atoms with Crippen molar-refractivity contribution in [1.29, 1.82) is 0 Å². The molecule has 27 heavy (non-hydrogen) atoms. The highest BCUT2D eigenvalue weighted by atomic mass is 35.7. The van der Waals surface area contributed by atoms with Crippen LogP contribution >= 0.6 is 17.7 Å². The molecule has 0 aliphatic carbocycles. The first-order valence-electron chi connectivity index (χ1n) is 8.76. The van der Waals surface area contributed by atoms with Crippen molar-refractivity contribution in [3.63, 3.8) is 0 Å². The summed E-state index contributed by atoms with van der Waals surface area (Å²) in [5.41, 5.74) is 4.17. The third kappa shape index (κ3) is 3.76. The minimum Gasteiger partial charge on any atom is -0.296 e. The van der Waals surface area contributed by atoms with E-state index in [1.165, 1.54) is 0 Å². The molecule has 4 rings (SSSR count). The molecule has 0 bridgehead atoms. The maximum atomic E-state index is 13.5. The van der Waals surface area contributed by atoms with E-state index in [-0.39, 0.29) is 0 Å². The van der Waals surface area contributed by atoms with E-state index in [0.717, 1.165) is 22.3 Å². The van der Waals surface area contributed by atoms with Crippen LogP contribution in [0.3, 0.4) is 0 Å². The van der Waals surface area contributed by atoms with Crippen molar-refractivity contribution in [1.82, 2.24) is 0 Å². The van der Waals surface area contributed by atoms with Gasteiger partial charge in [0, 0.05) is 10.6 Å². The molecule has 0 radical (unpaired) electrons. The van der Waals surface area contributed by atoms with Crippen molar-refractivity contribution in [3.05, 3.63) is 109 Å². The monoisotopic (exact) mass is 388 g/mol. The number of hydrogen-bond acceptors (Lipinski definition) is 1. The van der Waals surface area contributed by atoms with E-state index >= 15 is 0 Å². The maximum Gasteiger partial charge on any atom is 0.225 e. The Bertz CT molecular complexity index is 1020. The molecule has 0 fully saturated rings. The lowest BCUT2D eigenvalue weighted by Crippen LogP contribution is -2.12. The van der Waals surface area contributed by atoms with Crippen molar-refractivity contribution >= 4 is 28.3 Å². The fourth-order valence-electron chi connectivity index (χ4n) is 3.14. The number of hydrogen-bond donors (Lipinski definition) is 0. The van der Waals surface area contributed by atoms with Crippen LogP contribution < -0.4 is 10.6 Å². The van der Waals surface area contributed by atoms with Crippen LogP contribution in [-0.4, -0.2) is 0 Å².